The molecule has 3 rings (SSSR count). The third-order valence-electron chi connectivity index (χ3n) is 4.55. The summed E-state index contributed by atoms with van der Waals surface area (Å²) in [5.41, 5.74) is 3.39. The summed E-state index contributed by atoms with van der Waals surface area (Å²) >= 11 is 6.12. The normalized spacial score (nSPS) is 11.5. The van der Waals surface area contributed by atoms with E-state index in [2.05, 4.69) is 20.6 Å². The smallest absolute Gasteiger partial charge is 0.191 e. The lowest BCUT2D eigenvalue weighted by molar-refractivity contribution is 0.354. The number of methoxy groups -OCH3 is 2. The molecule has 2 aromatic carbocycles. The standard InChI is InChI=1S/C21H25ClN4O2/c1-23-21(26-12-14-4-7-19(27-2)20(10-14)28-3)24-9-8-15-13-25-18-6-5-16(22)11-17(15)18/h4-7,10-11,13,25H,8-9,12H2,1-3H3,(H2,23,24,26). The Kier molecular flexibility index (Phi) is 6.66. The summed E-state index contributed by atoms with van der Waals surface area (Å²) in [6, 6.07) is 11.7. The van der Waals surface area contributed by atoms with E-state index in [1.807, 2.05) is 42.6 Å². The molecule has 0 saturated heterocycles. The molecule has 0 aliphatic heterocycles. The lowest BCUT2D eigenvalue weighted by atomic mass is 10.1. The monoisotopic (exact) mass is 400 g/mol. The molecule has 0 amide bonds. The van der Waals surface area contributed by atoms with Gasteiger partial charge in [-0.25, -0.2) is 0 Å². The van der Waals surface area contributed by atoms with E-state index in [1.54, 1.807) is 21.3 Å². The molecule has 0 unspecified atom stereocenters. The number of nitrogens with zero attached hydrogens (tertiary/aromatic N) is 1. The second kappa shape index (κ2) is 9.37. The van der Waals surface area contributed by atoms with Crippen LogP contribution in [-0.4, -0.2) is 38.8 Å². The van der Waals surface area contributed by atoms with Gasteiger partial charge in [0, 0.05) is 42.3 Å². The zero-order valence-corrected chi connectivity index (χ0v) is 17.1. The van der Waals surface area contributed by atoms with Gasteiger partial charge in [-0.2, -0.15) is 0 Å². The van der Waals surface area contributed by atoms with Gasteiger partial charge in [-0.05, 0) is 47.9 Å². The van der Waals surface area contributed by atoms with Gasteiger partial charge in [0.05, 0.1) is 14.2 Å². The lowest BCUT2D eigenvalue weighted by Gasteiger charge is -2.13. The van der Waals surface area contributed by atoms with Crippen LogP contribution in [0.15, 0.2) is 47.6 Å². The number of halogens is 1. The van der Waals surface area contributed by atoms with Gasteiger partial charge >= 0.3 is 0 Å². The molecule has 148 valence electrons. The Hall–Kier alpha value is -2.86. The molecule has 1 heterocycles. The van der Waals surface area contributed by atoms with E-state index in [9.17, 15) is 0 Å². The number of fused-ring (bicyclic) bond motifs is 1. The first-order chi connectivity index (χ1) is 13.6. The Morgan fingerprint density at radius 3 is 2.64 bits per heavy atom. The maximum atomic E-state index is 6.12. The van der Waals surface area contributed by atoms with Crippen molar-refractivity contribution in [3.8, 4) is 11.5 Å². The van der Waals surface area contributed by atoms with E-state index < -0.39 is 0 Å². The molecule has 28 heavy (non-hydrogen) atoms. The first-order valence-electron chi connectivity index (χ1n) is 9.05. The van der Waals surface area contributed by atoms with E-state index in [1.165, 1.54) is 5.56 Å². The topological polar surface area (TPSA) is 70.7 Å². The highest BCUT2D eigenvalue weighted by Gasteiger charge is 2.07. The fraction of sp³-hybridized carbons (Fsp3) is 0.286. The summed E-state index contributed by atoms with van der Waals surface area (Å²) in [6.07, 6.45) is 2.89. The van der Waals surface area contributed by atoms with Gasteiger partial charge in [0.15, 0.2) is 17.5 Å². The van der Waals surface area contributed by atoms with Crippen molar-refractivity contribution < 1.29 is 9.47 Å². The molecule has 0 saturated carbocycles. The molecule has 3 N–H and O–H groups in total. The minimum Gasteiger partial charge on any atom is -0.493 e. The van der Waals surface area contributed by atoms with Crippen LogP contribution in [0, 0.1) is 0 Å². The molecule has 0 fully saturated rings. The van der Waals surface area contributed by atoms with Crippen LogP contribution >= 0.6 is 11.6 Å². The number of aromatic nitrogens is 1. The quantitative estimate of drug-likeness (QED) is 0.417. The average Bonchev–Trinajstić information content (AvgIpc) is 3.12. The number of ether oxygens (including phenoxy) is 2. The van der Waals surface area contributed by atoms with Crippen molar-refractivity contribution in [1.82, 2.24) is 15.6 Å². The van der Waals surface area contributed by atoms with Gasteiger partial charge in [-0.15, -0.1) is 0 Å². The second-order valence-corrected chi connectivity index (χ2v) is 6.73. The number of aromatic amines is 1. The molecule has 0 aliphatic carbocycles. The molecule has 1 aromatic heterocycles. The number of aliphatic imine (C=N–C) groups is 1. The van der Waals surface area contributed by atoms with Gasteiger partial charge < -0.3 is 25.1 Å². The maximum absolute atomic E-state index is 6.12. The van der Waals surface area contributed by atoms with E-state index in [4.69, 9.17) is 21.1 Å². The third-order valence-corrected chi connectivity index (χ3v) is 4.78. The predicted octanol–water partition coefficient (Wildman–Crippen LogP) is 3.75. The summed E-state index contributed by atoms with van der Waals surface area (Å²) < 4.78 is 10.6. The first kappa shape index (κ1) is 19.9. The largest absolute Gasteiger partial charge is 0.493 e. The molecule has 0 atom stereocenters. The molecule has 6 nitrogen and oxygen atoms in total. The molecule has 3 aromatic rings. The Morgan fingerprint density at radius 1 is 1.07 bits per heavy atom. The van der Waals surface area contributed by atoms with Crippen molar-refractivity contribution in [1.29, 1.82) is 0 Å². The van der Waals surface area contributed by atoms with E-state index in [-0.39, 0.29) is 0 Å². The molecule has 0 bridgehead atoms. The summed E-state index contributed by atoms with van der Waals surface area (Å²) in [5.74, 6) is 2.17. The highest BCUT2D eigenvalue weighted by Crippen LogP contribution is 2.27. The van der Waals surface area contributed by atoms with E-state index >= 15 is 0 Å². The van der Waals surface area contributed by atoms with Crippen molar-refractivity contribution in [3.63, 3.8) is 0 Å². The van der Waals surface area contributed by atoms with Crippen LogP contribution in [0.25, 0.3) is 10.9 Å². The Balaban J connectivity index is 1.54. The number of hydrogen-bond donors (Lipinski definition) is 3. The van der Waals surface area contributed by atoms with Gasteiger partial charge in [0.25, 0.3) is 0 Å². The lowest BCUT2D eigenvalue weighted by Crippen LogP contribution is -2.37. The highest BCUT2D eigenvalue weighted by atomic mass is 35.5. The number of hydrogen-bond acceptors (Lipinski definition) is 3. The Bertz CT molecular complexity index is 968. The number of benzene rings is 2. The molecular weight excluding hydrogens is 376 g/mol. The van der Waals surface area contributed by atoms with Gasteiger partial charge in [0.1, 0.15) is 0 Å². The number of H-pyrrole nitrogens is 1. The van der Waals surface area contributed by atoms with Crippen molar-refractivity contribution >= 4 is 28.5 Å². The van der Waals surface area contributed by atoms with Crippen LogP contribution in [0.5, 0.6) is 11.5 Å². The first-order valence-corrected chi connectivity index (χ1v) is 9.43. The summed E-state index contributed by atoms with van der Waals surface area (Å²) in [6.45, 7) is 1.38. The zero-order valence-electron chi connectivity index (χ0n) is 16.3. The molecule has 0 aliphatic rings. The maximum Gasteiger partial charge on any atom is 0.191 e. The highest BCUT2D eigenvalue weighted by molar-refractivity contribution is 6.31. The van der Waals surface area contributed by atoms with Gasteiger partial charge in [0.2, 0.25) is 0 Å². The van der Waals surface area contributed by atoms with Gasteiger partial charge in [-0.3, -0.25) is 4.99 Å². The summed E-state index contributed by atoms with van der Waals surface area (Å²) in [4.78, 5) is 7.56. The van der Waals surface area contributed by atoms with Crippen molar-refractivity contribution in [2.45, 2.75) is 13.0 Å². The number of rotatable bonds is 7. The van der Waals surface area contributed by atoms with Crippen molar-refractivity contribution in [3.05, 3.63) is 58.7 Å². The minimum absolute atomic E-state index is 0.628. The van der Waals surface area contributed by atoms with Crippen molar-refractivity contribution in [2.24, 2.45) is 4.99 Å². The van der Waals surface area contributed by atoms with Crippen LogP contribution in [0.2, 0.25) is 5.02 Å². The zero-order chi connectivity index (χ0) is 19.9. The fourth-order valence-electron chi connectivity index (χ4n) is 3.07. The van der Waals surface area contributed by atoms with Crippen LogP contribution in [0.4, 0.5) is 0 Å². The molecule has 7 heteroatoms. The Morgan fingerprint density at radius 2 is 1.89 bits per heavy atom. The van der Waals surface area contributed by atoms with Crippen LogP contribution in [0.3, 0.4) is 0 Å². The van der Waals surface area contributed by atoms with Crippen LogP contribution in [0.1, 0.15) is 11.1 Å². The molecule has 0 radical (unpaired) electrons. The molecule has 0 spiro atoms. The number of nitrogens with one attached hydrogen (secondary N) is 3. The van der Waals surface area contributed by atoms with Crippen LogP contribution < -0.4 is 20.1 Å². The fourth-order valence-corrected chi connectivity index (χ4v) is 3.24. The predicted molar refractivity (Wildman–Crippen MR) is 115 cm³/mol. The SMILES string of the molecule is CN=C(NCCc1c[nH]c2ccc(Cl)cc12)NCc1ccc(OC)c(OC)c1. The number of guanidine groups is 1. The second-order valence-electron chi connectivity index (χ2n) is 6.30. The third kappa shape index (κ3) is 4.70. The van der Waals surface area contributed by atoms with E-state index in [0.29, 0.717) is 18.0 Å². The summed E-state index contributed by atoms with van der Waals surface area (Å²) in [7, 11) is 5.02. The summed E-state index contributed by atoms with van der Waals surface area (Å²) in [5, 5.41) is 8.56. The average molecular weight is 401 g/mol. The van der Waals surface area contributed by atoms with E-state index in [0.717, 1.165) is 40.4 Å². The van der Waals surface area contributed by atoms with Gasteiger partial charge in [-0.1, -0.05) is 17.7 Å². The molecular formula is C21H25ClN4O2. The Labute approximate surface area is 169 Å². The van der Waals surface area contributed by atoms with Crippen LogP contribution in [-0.2, 0) is 13.0 Å². The minimum atomic E-state index is 0.628. The van der Waals surface area contributed by atoms with Crippen molar-refractivity contribution in [2.75, 3.05) is 27.8 Å².